The largest absolute Gasteiger partial charge is 0.480 e. The quantitative estimate of drug-likeness (QED) is 0.607. The number of nitrogens with zero attached hydrogens (tertiary/aromatic N) is 1. The van der Waals surface area contributed by atoms with Crippen molar-refractivity contribution in [3.05, 3.63) is 59.2 Å². The Morgan fingerprint density at radius 2 is 1.87 bits per heavy atom. The van der Waals surface area contributed by atoms with Crippen molar-refractivity contribution < 1.29 is 29.0 Å². The van der Waals surface area contributed by atoms with E-state index in [1.807, 2.05) is 39.0 Å². The van der Waals surface area contributed by atoms with E-state index in [1.54, 1.807) is 7.11 Å². The van der Waals surface area contributed by atoms with E-state index in [4.69, 9.17) is 9.47 Å². The zero-order valence-electron chi connectivity index (χ0n) is 22.9. The highest BCUT2D eigenvalue weighted by molar-refractivity contribution is 5.90. The summed E-state index contributed by atoms with van der Waals surface area (Å²) in [4.78, 5) is 40.2. The SMILES string of the molecule is CO[C@@]12CC(C(=O)O)N(C1)C(=O)[C@H](C(C)(C)C)NC(=O)OCCCCc1cc2ccc1-c1ccccc1C. The molecule has 2 aromatic rings. The first kappa shape index (κ1) is 27.6. The van der Waals surface area contributed by atoms with Crippen LogP contribution in [0.2, 0.25) is 0 Å². The number of nitrogens with one attached hydrogen (secondary N) is 1. The van der Waals surface area contributed by atoms with Gasteiger partial charge in [0.1, 0.15) is 17.7 Å². The minimum absolute atomic E-state index is 0.0613. The molecule has 3 atom stereocenters. The molecule has 0 aliphatic carbocycles. The number of carbonyl (C=O) groups excluding carboxylic acids is 2. The summed E-state index contributed by atoms with van der Waals surface area (Å²) in [5, 5.41) is 12.8. The first-order valence-electron chi connectivity index (χ1n) is 13.2. The average Bonchev–Trinajstić information content (AvgIpc) is 3.28. The Bertz CT molecular complexity index is 1220. The van der Waals surface area contributed by atoms with Gasteiger partial charge >= 0.3 is 12.1 Å². The Labute approximate surface area is 224 Å². The number of aryl methyl sites for hydroxylation is 2. The molecule has 0 saturated carbocycles. The van der Waals surface area contributed by atoms with Crippen LogP contribution in [0, 0.1) is 12.3 Å². The third-order valence-electron chi connectivity index (χ3n) is 7.80. The van der Waals surface area contributed by atoms with Crippen LogP contribution in [-0.2, 0) is 31.1 Å². The number of benzene rings is 2. The summed E-state index contributed by atoms with van der Waals surface area (Å²) in [5.74, 6) is -1.57. The molecule has 0 radical (unpaired) electrons. The number of fused-ring (bicyclic) bond motifs is 5. The molecule has 0 aromatic heterocycles. The van der Waals surface area contributed by atoms with Gasteiger partial charge in [-0.3, -0.25) is 4.79 Å². The standard InChI is InChI=1S/C30H38N2O6/c1-19-10-6-7-12-22(19)23-14-13-21-16-20(23)11-8-9-15-38-28(36)31-25(29(2,3)4)26(33)32-18-30(21,37-5)17-24(32)27(34)35/h6-7,10,12-14,16,24-25H,8-9,11,15,17-18H2,1-5H3,(H,31,36)(H,34,35)/t24?,25-,30+/m1/s1. The van der Waals surface area contributed by atoms with Crippen LogP contribution in [0.3, 0.4) is 0 Å². The fourth-order valence-corrected chi connectivity index (χ4v) is 5.58. The molecular weight excluding hydrogens is 484 g/mol. The maximum atomic E-state index is 13.8. The fraction of sp³-hybridized carbons (Fsp3) is 0.500. The van der Waals surface area contributed by atoms with Crippen molar-refractivity contribution in [2.75, 3.05) is 20.3 Å². The Morgan fingerprint density at radius 3 is 2.53 bits per heavy atom. The van der Waals surface area contributed by atoms with Crippen LogP contribution in [-0.4, -0.2) is 60.3 Å². The van der Waals surface area contributed by atoms with Crippen molar-refractivity contribution in [1.29, 1.82) is 0 Å². The van der Waals surface area contributed by atoms with Gasteiger partial charge in [-0.15, -0.1) is 0 Å². The van der Waals surface area contributed by atoms with Gasteiger partial charge in [0.25, 0.3) is 0 Å². The number of alkyl carbamates (subject to hydrolysis) is 1. The third-order valence-corrected chi connectivity index (χ3v) is 7.80. The van der Waals surface area contributed by atoms with Crippen molar-refractivity contribution in [2.24, 2.45) is 5.41 Å². The van der Waals surface area contributed by atoms with E-state index in [0.717, 1.165) is 40.7 Å². The number of carbonyl (C=O) groups is 3. The number of rotatable bonds is 3. The molecule has 2 heterocycles. The first-order valence-corrected chi connectivity index (χ1v) is 13.2. The second-order valence-corrected chi connectivity index (χ2v) is 11.4. The van der Waals surface area contributed by atoms with Crippen LogP contribution in [0.15, 0.2) is 42.5 Å². The second-order valence-electron chi connectivity index (χ2n) is 11.4. The van der Waals surface area contributed by atoms with Crippen molar-refractivity contribution in [1.82, 2.24) is 10.2 Å². The number of aliphatic carboxylic acids is 1. The molecule has 2 amide bonds. The predicted molar refractivity (Wildman–Crippen MR) is 144 cm³/mol. The normalized spacial score (nSPS) is 24.7. The molecule has 4 bridgehead atoms. The number of ether oxygens (including phenoxy) is 2. The molecule has 8 nitrogen and oxygen atoms in total. The number of carboxylic acid groups (broad SMARTS) is 1. The van der Waals surface area contributed by atoms with E-state index < -0.39 is 41.1 Å². The number of hydrogen-bond donors (Lipinski definition) is 2. The summed E-state index contributed by atoms with van der Waals surface area (Å²) in [6.45, 7) is 7.85. The molecule has 1 saturated heterocycles. The van der Waals surface area contributed by atoms with E-state index in [0.29, 0.717) is 6.42 Å². The monoisotopic (exact) mass is 522 g/mol. The number of methoxy groups -OCH3 is 1. The van der Waals surface area contributed by atoms with Crippen LogP contribution in [0.1, 0.15) is 56.7 Å². The minimum Gasteiger partial charge on any atom is -0.480 e. The average molecular weight is 523 g/mol. The first-order chi connectivity index (χ1) is 18.0. The summed E-state index contributed by atoms with van der Waals surface area (Å²) in [7, 11) is 1.56. The van der Waals surface area contributed by atoms with Crippen molar-refractivity contribution in [2.45, 2.75) is 71.1 Å². The maximum Gasteiger partial charge on any atom is 0.407 e. The van der Waals surface area contributed by atoms with Crippen LogP contribution in [0.4, 0.5) is 4.79 Å². The smallest absolute Gasteiger partial charge is 0.407 e. The highest BCUT2D eigenvalue weighted by atomic mass is 16.5. The van der Waals surface area contributed by atoms with E-state index >= 15 is 0 Å². The topological polar surface area (TPSA) is 105 Å². The number of hydrogen-bond acceptors (Lipinski definition) is 5. The van der Waals surface area contributed by atoms with Gasteiger partial charge in [-0.2, -0.15) is 0 Å². The molecule has 204 valence electrons. The molecule has 38 heavy (non-hydrogen) atoms. The van der Waals surface area contributed by atoms with Gasteiger partial charge in [-0.1, -0.05) is 63.2 Å². The van der Waals surface area contributed by atoms with Gasteiger partial charge in [0.2, 0.25) is 5.91 Å². The number of cyclic esters (lactones) is 1. The zero-order chi connectivity index (χ0) is 27.7. The molecule has 4 rings (SSSR count). The maximum absolute atomic E-state index is 13.8. The van der Waals surface area contributed by atoms with Gasteiger partial charge in [-0.05, 0) is 59.4 Å². The van der Waals surface area contributed by atoms with Crippen LogP contribution in [0.25, 0.3) is 11.1 Å². The van der Waals surface area contributed by atoms with Gasteiger partial charge in [-0.25, -0.2) is 9.59 Å². The molecule has 2 aliphatic rings. The lowest BCUT2D eigenvalue weighted by atomic mass is 9.85. The Balaban J connectivity index is 1.84. The number of carboxylic acids is 1. The third kappa shape index (κ3) is 5.41. The van der Waals surface area contributed by atoms with Crippen molar-refractivity contribution >= 4 is 18.0 Å². The molecule has 8 heteroatoms. The lowest BCUT2D eigenvalue weighted by Gasteiger charge is -2.35. The minimum atomic E-state index is -1.11. The van der Waals surface area contributed by atoms with Gasteiger partial charge in [0.05, 0.1) is 13.2 Å². The lowest BCUT2D eigenvalue weighted by molar-refractivity contribution is -0.150. The second kappa shape index (κ2) is 10.8. The highest BCUT2D eigenvalue weighted by Crippen LogP contribution is 2.42. The van der Waals surface area contributed by atoms with Gasteiger partial charge < -0.3 is 24.8 Å². The fourth-order valence-electron chi connectivity index (χ4n) is 5.58. The van der Waals surface area contributed by atoms with Crippen LogP contribution >= 0.6 is 0 Å². The molecule has 2 aromatic carbocycles. The summed E-state index contributed by atoms with van der Waals surface area (Å²) < 4.78 is 11.5. The Hall–Kier alpha value is -3.39. The van der Waals surface area contributed by atoms with Gasteiger partial charge in [0, 0.05) is 13.5 Å². The van der Waals surface area contributed by atoms with Crippen LogP contribution in [0.5, 0.6) is 0 Å². The summed E-state index contributed by atoms with van der Waals surface area (Å²) in [6, 6.07) is 12.3. The Kier molecular flexibility index (Phi) is 7.83. The van der Waals surface area contributed by atoms with Gasteiger partial charge in [0.15, 0.2) is 0 Å². The van der Waals surface area contributed by atoms with Crippen molar-refractivity contribution in [3.63, 3.8) is 0 Å². The molecule has 0 spiro atoms. The molecule has 1 unspecified atom stereocenters. The number of amides is 2. The molecule has 1 fully saturated rings. The van der Waals surface area contributed by atoms with E-state index in [1.165, 1.54) is 4.90 Å². The predicted octanol–water partition coefficient (Wildman–Crippen LogP) is 4.67. The van der Waals surface area contributed by atoms with Crippen molar-refractivity contribution in [3.8, 4) is 11.1 Å². The lowest BCUT2D eigenvalue weighted by Crippen LogP contribution is -2.57. The van der Waals surface area contributed by atoms with E-state index in [9.17, 15) is 19.5 Å². The highest BCUT2D eigenvalue weighted by Gasteiger charge is 2.52. The summed E-state index contributed by atoms with van der Waals surface area (Å²) >= 11 is 0. The zero-order valence-corrected chi connectivity index (χ0v) is 22.9. The van der Waals surface area contributed by atoms with E-state index in [2.05, 4.69) is 36.5 Å². The summed E-state index contributed by atoms with van der Waals surface area (Å²) in [6.07, 6.45) is 1.63. The molecular formula is C30H38N2O6. The molecule has 2 aliphatic heterocycles. The molecule has 2 N–H and O–H groups in total. The Morgan fingerprint density at radius 1 is 1.13 bits per heavy atom. The summed E-state index contributed by atoms with van der Waals surface area (Å²) in [5.41, 5.74) is 3.68. The van der Waals surface area contributed by atoms with Crippen LogP contribution < -0.4 is 5.32 Å². The van der Waals surface area contributed by atoms with E-state index in [-0.39, 0.29) is 19.6 Å².